The van der Waals surface area contributed by atoms with E-state index < -0.39 is 125 Å². The molecule has 0 saturated carbocycles. The molecule has 0 bridgehead atoms. The summed E-state index contributed by atoms with van der Waals surface area (Å²) in [4.78, 5) is 24.9. The number of phenols is 6. The molecule has 0 unspecified atom stereocenters. The van der Waals surface area contributed by atoms with Crippen LogP contribution in [0.5, 0.6) is 69.0 Å². The van der Waals surface area contributed by atoms with Gasteiger partial charge in [-0.25, -0.2) is 0 Å². The van der Waals surface area contributed by atoms with Crippen LogP contribution < -0.4 is 28.4 Å². The van der Waals surface area contributed by atoms with Crippen molar-refractivity contribution >= 4 is 139 Å². The van der Waals surface area contributed by atoms with Gasteiger partial charge in [-0.05, 0) is 126 Å². The molecule has 798 valence electrons. The van der Waals surface area contributed by atoms with E-state index in [1.165, 1.54) is 0 Å². The van der Waals surface area contributed by atoms with Crippen LogP contribution in [0.25, 0.3) is 0 Å². The van der Waals surface area contributed by atoms with E-state index in [0.29, 0.717) is 81.1 Å². The molecule has 0 spiro atoms. The van der Waals surface area contributed by atoms with Crippen LogP contribution in [0, 0.1) is 5.92 Å². The van der Waals surface area contributed by atoms with Crippen LogP contribution >= 0.6 is 102 Å². The maximum absolute atomic E-state index is 10.8. The second kappa shape index (κ2) is 77.4. The number of hydrogen-bond donors (Lipinski definition) is 6. The summed E-state index contributed by atoms with van der Waals surface area (Å²) < 4.78 is 32.3. The standard InChI is InChI=1S/C21H27NO2.2C19H23NO2.3C18H21NO2.12ClH.6Zr/c1-15(2)13-22-14-16-11-18(24-5)12-19(20(16)23)21(3,4)17-9-7-6-8-10-17;2*1-5-20-13-14-11-16(22-4)12-17(18(14)21)19(2,3)15-9-7-6-8-10-15;3*1-18(2,14-8-6-5-7-9-14)16-11-15(21-4)10-13(12-19-3)17(16)20;;;;;;;;;;;;;;;;;;/h6-12,14-15,23H,13H2,1-5H3;2*6-13,21H,5H2,1-4H3;3*5-12,20H,1-4H3;12*1H;;;;;;/q;;;;;;;;;;;;;;;;;;6*+2/p-12. The first-order chi connectivity index (χ1) is 70.9. The van der Waals surface area contributed by atoms with E-state index in [1.54, 1.807) is 131 Å². The molecule has 0 aliphatic rings. The quantitative estimate of drug-likeness (QED) is 0.0251. The number of ether oxygens (including phenoxy) is 6. The van der Waals surface area contributed by atoms with Crippen LogP contribution in [0.3, 0.4) is 0 Å². The molecular formula is C113H136Cl12N6O12Zr6. The molecule has 12 aromatic carbocycles. The van der Waals surface area contributed by atoms with E-state index in [9.17, 15) is 30.6 Å². The molecular weight excluding hydrogens is 2610 g/mol. The third kappa shape index (κ3) is 47.0. The molecule has 36 heteroatoms. The predicted octanol–water partition coefficient (Wildman–Crippen LogP) is 32.7. The number of hydrogen-bond acceptors (Lipinski definition) is 18. The third-order valence-corrected chi connectivity index (χ3v) is 23.4. The van der Waals surface area contributed by atoms with Crippen molar-refractivity contribution in [2.45, 2.75) is 143 Å². The van der Waals surface area contributed by atoms with Crippen molar-refractivity contribution in [2.24, 2.45) is 35.9 Å². The second-order valence-corrected chi connectivity index (χ2v) is 57.7. The molecule has 0 aliphatic carbocycles. The number of nitrogens with zero attached hydrogens (tertiary/aromatic N) is 6. The Hall–Kier alpha value is -4.96. The first-order valence-corrected chi connectivity index (χ1v) is 84.2. The van der Waals surface area contributed by atoms with Crippen LogP contribution in [0.2, 0.25) is 0 Å². The number of phenolic OH excluding ortho intramolecular Hbond substituents is 6. The number of aromatic hydroxyl groups is 6. The zero-order valence-electron chi connectivity index (χ0n) is 88.8. The van der Waals surface area contributed by atoms with E-state index in [1.807, 2.05) is 166 Å². The molecule has 149 heavy (non-hydrogen) atoms. The van der Waals surface area contributed by atoms with Crippen LogP contribution in [0.1, 0.15) is 211 Å². The Balaban J connectivity index is 0.000000864. The molecule has 6 N–H and O–H groups in total. The molecule has 0 aliphatic heterocycles. The summed E-state index contributed by atoms with van der Waals surface area (Å²) >= 11 is -4.95. The number of methoxy groups -OCH3 is 6. The SMILES string of the molecule is CCN=Cc1cc(OC)cc(C(C)(C)c2ccccc2)c1O.CCN=Cc1cc(OC)cc(C(C)(C)c2ccccc2)c1O.CN=Cc1cc(OC)cc(C(C)(C)c2ccccc2)c1O.CN=Cc1cc(OC)cc(C(C)(C)c2ccccc2)c1O.CN=Cc1cc(OC)cc(C(C)(C)c2ccccc2)c1O.COc1cc(C=NCC(C)C)c(O)c(C(C)(C)c2ccccc2)c1.[Cl][Zr][Cl].[Cl][Zr][Cl].[Cl][Zr][Cl].[Cl][Zr][Cl].[Cl][Zr][Cl].[Cl][Zr][Cl]. The van der Waals surface area contributed by atoms with E-state index in [-0.39, 0.29) is 67.0 Å². The summed E-state index contributed by atoms with van der Waals surface area (Å²) in [5.74, 6) is 6.28. The molecule has 0 saturated heterocycles. The Morgan fingerprint density at radius 3 is 0.497 bits per heavy atom. The average Bonchev–Trinajstić information content (AvgIpc) is 0.801. The van der Waals surface area contributed by atoms with Gasteiger partial charge >= 0.3 is 227 Å². The summed E-state index contributed by atoms with van der Waals surface area (Å²) in [5, 5.41) is 64.0. The monoisotopic (exact) mass is 2730 g/mol. The Kier molecular flexibility index (Phi) is 73.8. The van der Waals surface area contributed by atoms with Crippen molar-refractivity contribution in [3.05, 3.63) is 355 Å². The third-order valence-electron chi connectivity index (χ3n) is 23.4. The molecule has 12 rings (SSSR count). The van der Waals surface area contributed by atoms with Crippen molar-refractivity contribution in [2.75, 3.05) is 83.4 Å². The fourth-order valence-electron chi connectivity index (χ4n) is 15.2. The van der Waals surface area contributed by atoms with Crippen LogP contribution in [0.4, 0.5) is 0 Å². The summed E-state index contributed by atoms with van der Waals surface area (Å²) in [5.41, 5.74) is 13.8. The number of halogens is 12. The van der Waals surface area contributed by atoms with Gasteiger partial charge in [0.05, 0.1) is 42.7 Å². The summed E-state index contributed by atoms with van der Waals surface area (Å²) in [6.07, 6.45) is 10.1. The van der Waals surface area contributed by atoms with Gasteiger partial charge in [0.1, 0.15) is 69.0 Å². The summed E-state index contributed by atoms with van der Waals surface area (Å²) in [6, 6.07) is 82.9. The molecule has 0 atom stereocenters. The van der Waals surface area contributed by atoms with Crippen molar-refractivity contribution in [3.8, 4) is 69.0 Å². The normalized spacial score (nSPS) is 11.0. The Labute approximate surface area is 996 Å². The summed E-state index contributed by atoms with van der Waals surface area (Å²) in [6.45, 7) is 35.3. The van der Waals surface area contributed by atoms with Crippen molar-refractivity contribution in [1.82, 2.24) is 0 Å². The zero-order valence-corrected chi connectivity index (χ0v) is 113. The second-order valence-electron chi connectivity index (χ2n) is 35.4. The minimum absolute atomic E-state index is 0.246. The molecule has 0 heterocycles. The fourth-order valence-corrected chi connectivity index (χ4v) is 15.2. The van der Waals surface area contributed by atoms with E-state index in [2.05, 4.69) is 200 Å². The Morgan fingerprint density at radius 1 is 0.242 bits per heavy atom. The zero-order chi connectivity index (χ0) is 113. The van der Waals surface area contributed by atoms with Crippen molar-refractivity contribution in [3.63, 3.8) is 0 Å². The maximum atomic E-state index is 10.8. The minimum atomic E-state index is -0.826. The summed E-state index contributed by atoms with van der Waals surface area (Å²) in [7, 11) is 74.0. The molecule has 12 aromatic rings. The van der Waals surface area contributed by atoms with Crippen LogP contribution in [-0.4, -0.2) is 151 Å². The molecule has 0 aromatic heterocycles. The van der Waals surface area contributed by atoms with Crippen LogP contribution in [0.15, 0.2) is 285 Å². The first-order valence-electron chi connectivity index (χ1n) is 46.2. The van der Waals surface area contributed by atoms with Gasteiger partial charge in [0.25, 0.3) is 0 Å². The van der Waals surface area contributed by atoms with Gasteiger partial charge in [0.2, 0.25) is 0 Å². The van der Waals surface area contributed by atoms with E-state index in [0.717, 1.165) is 79.1 Å². The molecule has 0 fully saturated rings. The number of aliphatic imine (C=N–C) groups is 6. The molecule has 18 nitrogen and oxygen atoms in total. The van der Waals surface area contributed by atoms with Gasteiger partial charge < -0.3 is 59.1 Å². The molecule has 0 amide bonds. The van der Waals surface area contributed by atoms with Crippen molar-refractivity contribution in [1.29, 1.82) is 0 Å². The van der Waals surface area contributed by atoms with E-state index >= 15 is 0 Å². The van der Waals surface area contributed by atoms with Gasteiger partial charge in [0.15, 0.2) is 0 Å². The average molecular weight is 2740 g/mol. The molecule has 0 radical (unpaired) electrons. The van der Waals surface area contributed by atoms with Crippen molar-refractivity contribution < 1.29 is 184 Å². The first kappa shape index (κ1) is 142. The number of benzene rings is 12. The van der Waals surface area contributed by atoms with Gasteiger partial charge in [-0.1, -0.05) is 279 Å². The van der Waals surface area contributed by atoms with Gasteiger partial charge in [-0.3, -0.25) is 30.0 Å². The predicted molar refractivity (Wildman–Crippen MR) is 614 cm³/mol. The van der Waals surface area contributed by atoms with E-state index in [4.69, 9.17) is 131 Å². The van der Waals surface area contributed by atoms with Gasteiger partial charge in [-0.2, -0.15) is 0 Å². The Bertz CT molecular complexity index is 5610. The van der Waals surface area contributed by atoms with Crippen LogP contribution in [-0.2, 0) is 158 Å². The Morgan fingerprint density at radius 2 is 0.376 bits per heavy atom. The van der Waals surface area contributed by atoms with Gasteiger partial charge in [0, 0.05) is 177 Å². The van der Waals surface area contributed by atoms with Gasteiger partial charge in [-0.15, -0.1) is 0 Å². The fraction of sp³-hybridized carbons (Fsp3) is 0.310. The number of rotatable bonds is 28. The topological polar surface area (TPSA) is 251 Å².